The second kappa shape index (κ2) is 7.57. The zero-order valence-electron chi connectivity index (χ0n) is 12.3. The molecule has 1 aromatic heterocycles. The summed E-state index contributed by atoms with van der Waals surface area (Å²) < 4.78 is 0. The Labute approximate surface area is 115 Å². The van der Waals surface area contributed by atoms with Gasteiger partial charge < -0.3 is 10.2 Å². The van der Waals surface area contributed by atoms with E-state index in [4.69, 9.17) is 5.26 Å². The lowest BCUT2D eigenvalue weighted by atomic mass is 10.2. The summed E-state index contributed by atoms with van der Waals surface area (Å²) in [7, 11) is 1.88. The highest BCUT2D eigenvalue weighted by Crippen LogP contribution is 2.23. The highest BCUT2D eigenvalue weighted by Gasteiger charge is 2.14. The second-order valence-electron chi connectivity index (χ2n) is 4.42. The average molecular weight is 261 g/mol. The van der Waals surface area contributed by atoms with Gasteiger partial charge in [-0.15, -0.1) is 0 Å². The van der Waals surface area contributed by atoms with Crippen LogP contribution in [0.3, 0.4) is 0 Å². The Morgan fingerprint density at radius 1 is 1.32 bits per heavy atom. The monoisotopic (exact) mass is 261 g/mol. The number of nitriles is 1. The van der Waals surface area contributed by atoms with Crippen LogP contribution in [0.2, 0.25) is 0 Å². The van der Waals surface area contributed by atoms with E-state index < -0.39 is 0 Å². The van der Waals surface area contributed by atoms with E-state index in [0.717, 1.165) is 42.4 Å². The van der Waals surface area contributed by atoms with E-state index in [1.165, 1.54) is 0 Å². The maximum absolute atomic E-state index is 8.74. The van der Waals surface area contributed by atoms with Crippen LogP contribution in [-0.4, -0.2) is 30.1 Å². The van der Waals surface area contributed by atoms with Crippen molar-refractivity contribution in [2.75, 3.05) is 30.4 Å². The van der Waals surface area contributed by atoms with Crippen LogP contribution in [0.4, 0.5) is 11.6 Å². The number of rotatable bonds is 7. The molecule has 0 aliphatic rings. The molecule has 0 spiro atoms. The van der Waals surface area contributed by atoms with Gasteiger partial charge in [0.25, 0.3) is 0 Å². The van der Waals surface area contributed by atoms with Crippen LogP contribution in [0.1, 0.15) is 38.1 Å². The van der Waals surface area contributed by atoms with Gasteiger partial charge in [0.2, 0.25) is 0 Å². The van der Waals surface area contributed by atoms with E-state index in [0.29, 0.717) is 13.0 Å². The van der Waals surface area contributed by atoms with E-state index in [9.17, 15) is 0 Å². The van der Waals surface area contributed by atoms with E-state index in [1.54, 1.807) is 0 Å². The van der Waals surface area contributed by atoms with Gasteiger partial charge in [-0.05, 0) is 20.3 Å². The molecule has 0 aliphatic carbocycles. The van der Waals surface area contributed by atoms with E-state index >= 15 is 0 Å². The van der Waals surface area contributed by atoms with Crippen molar-refractivity contribution in [1.82, 2.24) is 9.97 Å². The number of nitrogens with one attached hydrogen (secondary N) is 1. The summed E-state index contributed by atoms with van der Waals surface area (Å²) in [5.41, 5.74) is 1.04. The van der Waals surface area contributed by atoms with Gasteiger partial charge in [0.15, 0.2) is 0 Å². The van der Waals surface area contributed by atoms with Crippen molar-refractivity contribution in [2.24, 2.45) is 0 Å². The topological polar surface area (TPSA) is 64.8 Å². The molecule has 0 amide bonds. The molecule has 0 atom stereocenters. The molecule has 1 N–H and O–H groups in total. The lowest BCUT2D eigenvalue weighted by Crippen LogP contribution is -2.26. The van der Waals surface area contributed by atoms with Gasteiger partial charge in [-0.25, -0.2) is 9.97 Å². The van der Waals surface area contributed by atoms with Crippen LogP contribution in [0.5, 0.6) is 0 Å². The number of aryl methyl sites for hydroxylation is 1. The van der Waals surface area contributed by atoms with E-state index in [1.807, 2.05) is 14.0 Å². The summed E-state index contributed by atoms with van der Waals surface area (Å²) in [5, 5.41) is 11.9. The largest absolute Gasteiger partial charge is 0.373 e. The summed E-state index contributed by atoms with van der Waals surface area (Å²) in [6.45, 7) is 7.77. The maximum Gasteiger partial charge on any atom is 0.137 e. The van der Waals surface area contributed by atoms with Crippen LogP contribution >= 0.6 is 0 Å². The first-order valence-electron chi connectivity index (χ1n) is 6.85. The summed E-state index contributed by atoms with van der Waals surface area (Å²) in [5.74, 6) is 2.69. The molecule has 5 heteroatoms. The van der Waals surface area contributed by atoms with Crippen LogP contribution < -0.4 is 10.2 Å². The number of hydrogen-bond acceptors (Lipinski definition) is 5. The standard InChI is InChI=1S/C14H23N5/c1-5-8-12-17-13(16-4)11(3)14(18-12)19(6-2)10-7-9-15/h5-8,10H2,1-4H3,(H,16,17,18). The molecule has 1 rings (SSSR count). The van der Waals surface area contributed by atoms with Crippen molar-refractivity contribution in [3.05, 3.63) is 11.4 Å². The third-order valence-corrected chi connectivity index (χ3v) is 3.05. The lowest BCUT2D eigenvalue weighted by molar-refractivity contribution is 0.775. The van der Waals surface area contributed by atoms with Crippen LogP contribution in [0.15, 0.2) is 0 Å². The quantitative estimate of drug-likeness (QED) is 0.817. The summed E-state index contributed by atoms with van der Waals surface area (Å²) in [6.07, 6.45) is 2.41. The van der Waals surface area contributed by atoms with Crippen molar-refractivity contribution in [3.63, 3.8) is 0 Å². The molecule has 1 heterocycles. The smallest absolute Gasteiger partial charge is 0.137 e. The number of nitrogens with zero attached hydrogens (tertiary/aromatic N) is 4. The molecule has 0 unspecified atom stereocenters. The zero-order chi connectivity index (χ0) is 14.3. The molecule has 1 aromatic rings. The molecule has 0 aromatic carbocycles. The van der Waals surface area contributed by atoms with Crippen LogP contribution in [-0.2, 0) is 6.42 Å². The molecular weight excluding hydrogens is 238 g/mol. The Bertz CT molecular complexity index is 450. The first-order valence-corrected chi connectivity index (χ1v) is 6.85. The first kappa shape index (κ1) is 15.2. The molecule has 0 bridgehead atoms. The Morgan fingerprint density at radius 2 is 2.05 bits per heavy atom. The molecule has 0 aliphatic heterocycles. The predicted molar refractivity (Wildman–Crippen MR) is 78.4 cm³/mol. The van der Waals surface area contributed by atoms with Crippen LogP contribution in [0, 0.1) is 18.3 Å². The van der Waals surface area contributed by atoms with Crippen molar-refractivity contribution in [3.8, 4) is 6.07 Å². The number of anilines is 2. The van der Waals surface area contributed by atoms with Gasteiger partial charge in [0.05, 0.1) is 12.5 Å². The second-order valence-corrected chi connectivity index (χ2v) is 4.42. The molecule has 0 fully saturated rings. The molecule has 0 saturated carbocycles. The minimum Gasteiger partial charge on any atom is -0.373 e. The van der Waals surface area contributed by atoms with E-state index in [2.05, 4.69) is 40.1 Å². The van der Waals surface area contributed by atoms with Gasteiger partial charge in [0, 0.05) is 32.1 Å². The van der Waals surface area contributed by atoms with Gasteiger partial charge in [0.1, 0.15) is 17.5 Å². The Balaban J connectivity index is 3.15. The zero-order valence-corrected chi connectivity index (χ0v) is 12.3. The highest BCUT2D eigenvalue weighted by molar-refractivity contribution is 5.58. The molecule has 0 saturated heterocycles. The van der Waals surface area contributed by atoms with Gasteiger partial charge >= 0.3 is 0 Å². The number of aromatic nitrogens is 2. The molecular formula is C14H23N5. The fourth-order valence-corrected chi connectivity index (χ4v) is 2.04. The van der Waals surface area contributed by atoms with Gasteiger partial charge in [-0.1, -0.05) is 6.92 Å². The first-order chi connectivity index (χ1) is 9.17. The van der Waals surface area contributed by atoms with Gasteiger partial charge in [-0.2, -0.15) is 5.26 Å². The highest BCUT2D eigenvalue weighted by atomic mass is 15.2. The molecule has 0 radical (unpaired) electrons. The number of hydrogen-bond donors (Lipinski definition) is 1. The Kier molecular flexibility index (Phi) is 6.07. The summed E-state index contributed by atoms with van der Waals surface area (Å²) >= 11 is 0. The molecule has 19 heavy (non-hydrogen) atoms. The van der Waals surface area contributed by atoms with Crippen molar-refractivity contribution >= 4 is 11.6 Å². The fourth-order valence-electron chi connectivity index (χ4n) is 2.04. The maximum atomic E-state index is 8.74. The molecule has 104 valence electrons. The summed E-state index contributed by atoms with van der Waals surface area (Å²) in [6, 6.07) is 2.19. The third kappa shape index (κ3) is 3.82. The minimum absolute atomic E-state index is 0.509. The predicted octanol–water partition coefficient (Wildman–Crippen LogP) is 2.52. The van der Waals surface area contributed by atoms with Crippen molar-refractivity contribution in [1.29, 1.82) is 5.26 Å². The van der Waals surface area contributed by atoms with E-state index in [-0.39, 0.29) is 0 Å². The fraction of sp³-hybridized carbons (Fsp3) is 0.643. The van der Waals surface area contributed by atoms with Crippen molar-refractivity contribution in [2.45, 2.75) is 40.0 Å². The Hall–Kier alpha value is -1.83. The Morgan fingerprint density at radius 3 is 2.58 bits per heavy atom. The lowest BCUT2D eigenvalue weighted by Gasteiger charge is -2.24. The van der Waals surface area contributed by atoms with Crippen molar-refractivity contribution < 1.29 is 0 Å². The van der Waals surface area contributed by atoms with Gasteiger partial charge in [-0.3, -0.25) is 0 Å². The normalized spacial score (nSPS) is 10.1. The molecule has 5 nitrogen and oxygen atoms in total. The van der Waals surface area contributed by atoms with Crippen LogP contribution in [0.25, 0.3) is 0 Å². The third-order valence-electron chi connectivity index (χ3n) is 3.05. The average Bonchev–Trinajstić information content (AvgIpc) is 2.42. The minimum atomic E-state index is 0.509. The SMILES string of the molecule is CCCc1nc(NC)c(C)c(N(CC)CCC#N)n1. The summed E-state index contributed by atoms with van der Waals surface area (Å²) in [4.78, 5) is 11.3.